The number of amides is 1. The van der Waals surface area contributed by atoms with Crippen molar-refractivity contribution in [1.29, 1.82) is 0 Å². The van der Waals surface area contributed by atoms with Crippen LogP contribution in [0.1, 0.15) is 24.7 Å². The lowest BCUT2D eigenvalue weighted by Crippen LogP contribution is -2.25. The van der Waals surface area contributed by atoms with Gasteiger partial charge in [-0.1, -0.05) is 49.0 Å². The maximum Gasteiger partial charge on any atom is 0.246 e. The van der Waals surface area contributed by atoms with Crippen molar-refractivity contribution < 1.29 is 4.79 Å². The van der Waals surface area contributed by atoms with Gasteiger partial charge >= 0.3 is 0 Å². The fraction of sp³-hybridized carbons (Fsp3) is 0.238. The van der Waals surface area contributed by atoms with E-state index in [0.29, 0.717) is 12.1 Å². The molecule has 2 aromatic carbocycles. The average molecular weight is 333 g/mol. The predicted octanol–water partition coefficient (Wildman–Crippen LogP) is 3.86. The van der Waals surface area contributed by atoms with Crippen LogP contribution in [-0.2, 0) is 24.3 Å². The first kappa shape index (κ1) is 17.0. The molecule has 0 saturated carbocycles. The summed E-state index contributed by atoms with van der Waals surface area (Å²) in [6, 6.07) is 18.6. The van der Waals surface area contributed by atoms with Gasteiger partial charge in [-0.15, -0.1) is 0 Å². The van der Waals surface area contributed by atoms with Crippen molar-refractivity contribution in [3.8, 4) is 0 Å². The fourth-order valence-electron chi connectivity index (χ4n) is 2.91. The van der Waals surface area contributed by atoms with Crippen molar-refractivity contribution in [3.63, 3.8) is 0 Å². The summed E-state index contributed by atoms with van der Waals surface area (Å²) >= 11 is 0. The average Bonchev–Trinajstić information content (AvgIpc) is 2.98. The standard InChI is InChI=1S/C21H23N3O/c1-16(2)21(25)22-15-20-23-18-12-6-7-13-19(18)24(20)14-8-11-17-9-4-3-5-10-17/h3-7,9-10,12-13H,1,8,11,14-15H2,2H3,(H,22,25). The summed E-state index contributed by atoms with van der Waals surface area (Å²) in [6.07, 6.45) is 2.04. The Hall–Kier alpha value is -2.88. The number of carbonyl (C=O) groups excluding carboxylic acids is 1. The van der Waals surface area contributed by atoms with Crippen LogP contribution in [-0.4, -0.2) is 15.5 Å². The number of imidazole rings is 1. The van der Waals surface area contributed by atoms with E-state index in [1.165, 1.54) is 5.56 Å². The summed E-state index contributed by atoms with van der Waals surface area (Å²) in [5, 5.41) is 2.89. The molecule has 25 heavy (non-hydrogen) atoms. The molecule has 0 radical (unpaired) electrons. The molecule has 0 atom stereocenters. The van der Waals surface area contributed by atoms with Crippen LogP contribution in [0.2, 0.25) is 0 Å². The normalized spacial score (nSPS) is 10.8. The zero-order valence-electron chi connectivity index (χ0n) is 14.5. The number of aromatic nitrogens is 2. The third-order valence-corrected chi connectivity index (χ3v) is 4.22. The van der Waals surface area contributed by atoms with E-state index in [1.807, 2.05) is 24.3 Å². The quantitative estimate of drug-likeness (QED) is 0.667. The maximum absolute atomic E-state index is 11.8. The number of carbonyl (C=O) groups is 1. The smallest absolute Gasteiger partial charge is 0.246 e. The van der Waals surface area contributed by atoms with Crippen LogP contribution in [0.25, 0.3) is 11.0 Å². The first-order valence-corrected chi connectivity index (χ1v) is 8.57. The van der Waals surface area contributed by atoms with Crippen molar-refractivity contribution in [2.45, 2.75) is 32.9 Å². The number of para-hydroxylation sites is 2. The molecule has 0 fully saturated rings. The highest BCUT2D eigenvalue weighted by Gasteiger charge is 2.11. The third-order valence-electron chi connectivity index (χ3n) is 4.22. The molecule has 4 nitrogen and oxygen atoms in total. The minimum Gasteiger partial charge on any atom is -0.345 e. The molecule has 4 heteroatoms. The van der Waals surface area contributed by atoms with E-state index in [1.54, 1.807) is 6.92 Å². The first-order valence-electron chi connectivity index (χ1n) is 8.57. The number of benzene rings is 2. The van der Waals surface area contributed by atoms with Gasteiger partial charge in [-0.05, 0) is 37.5 Å². The molecule has 1 heterocycles. The van der Waals surface area contributed by atoms with Crippen LogP contribution < -0.4 is 5.32 Å². The molecular formula is C21H23N3O. The Morgan fingerprint density at radius 2 is 1.84 bits per heavy atom. The second-order valence-electron chi connectivity index (χ2n) is 6.22. The van der Waals surface area contributed by atoms with Crippen LogP contribution in [0.15, 0.2) is 66.7 Å². The summed E-state index contributed by atoms with van der Waals surface area (Å²) in [7, 11) is 0. The second-order valence-corrected chi connectivity index (χ2v) is 6.22. The van der Waals surface area contributed by atoms with E-state index in [2.05, 4.69) is 51.8 Å². The van der Waals surface area contributed by atoms with Gasteiger partial charge in [0.15, 0.2) is 0 Å². The van der Waals surface area contributed by atoms with E-state index < -0.39 is 0 Å². The summed E-state index contributed by atoms with van der Waals surface area (Å²) in [5.41, 5.74) is 3.91. The molecule has 0 aliphatic rings. The molecule has 1 amide bonds. The minimum absolute atomic E-state index is 0.136. The molecule has 0 spiro atoms. The Labute approximate surface area is 148 Å². The summed E-state index contributed by atoms with van der Waals surface area (Å²) < 4.78 is 2.21. The Morgan fingerprint density at radius 1 is 1.12 bits per heavy atom. The Balaban J connectivity index is 1.75. The van der Waals surface area contributed by atoms with Gasteiger partial charge < -0.3 is 9.88 Å². The predicted molar refractivity (Wildman–Crippen MR) is 101 cm³/mol. The van der Waals surface area contributed by atoms with Crippen molar-refractivity contribution in [2.75, 3.05) is 0 Å². The van der Waals surface area contributed by atoms with Gasteiger partial charge in [0.1, 0.15) is 5.82 Å². The van der Waals surface area contributed by atoms with E-state index >= 15 is 0 Å². The zero-order chi connectivity index (χ0) is 17.6. The van der Waals surface area contributed by atoms with Gasteiger partial charge in [0.25, 0.3) is 0 Å². The monoisotopic (exact) mass is 333 g/mol. The molecule has 1 aromatic heterocycles. The zero-order valence-corrected chi connectivity index (χ0v) is 14.5. The topological polar surface area (TPSA) is 46.9 Å². The highest BCUT2D eigenvalue weighted by Crippen LogP contribution is 2.17. The van der Waals surface area contributed by atoms with Crippen LogP contribution in [0.5, 0.6) is 0 Å². The Morgan fingerprint density at radius 3 is 2.60 bits per heavy atom. The van der Waals surface area contributed by atoms with Crippen molar-refractivity contribution >= 4 is 16.9 Å². The number of aryl methyl sites for hydroxylation is 2. The molecule has 128 valence electrons. The number of hydrogen-bond acceptors (Lipinski definition) is 2. The Kier molecular flexibility index (Phi) is 5.29. The van der Waals surface area contributed by atoms with Crippen LogP contribution >= 0.6 is 0 Å². The third kappa shape index (κ3) is 4.15. The number of rotatable bonds is 7. The number of hydrogen-bond donors (Lipinski definition) is 1. The molecule has 3 aromatic rings. The van der Waals surface area contributed by atoms with E-state index in [9.17, 15) is 4.79 Å². The van der Waals surface area contributed by atoms with Gasteiger partial charge in [0.05, 0.1) is 17.6 Å². The molecule has 0 aliphatic carbocycles. The molecule has 0 saturated heterocycles. The van der Waals surface area contributed by atoms with Gasteiger partial charge in [-0.2, -0.15) is 0 Å². The SMILES string of the molecule is C=C(C)C(=O)NCc1nc2ccccc2n1CCCc1ccccc1. The van der Waals surface area contributed by atoms with E-state index in [4.69, 9.17) is 0 Å². The maximum atomic E-state index is 11.8. The number of nitrogens with one attached hydrogen (secondary N) is 1. The number of nitrogens with zero attached hydrogens (tertiary/aromatic N) is 2. The highest BCUT2D eigenvalue weighted by atomic mass is 16.1. The summed E-state index contributed by atoms with van der Waals surface area (Å²) in [4.78, 5) is 16.5. The van der Waals surface area contributed by atoms with E-state index in [-0.39, 0.29) is 5.91 Å². The van der Waals surface area contributed by atoms with Crippen LogP contribution in [0, 0.1) is 0 Å². The fourth-order valence-corrected chi connectivity index (χ4v) is 2.91. The number of fused-ring (bicyclic) bond motifs is 1. The molecule has 0 aliphatic heterocycles. The highest BCUT2D eigenvalue weighted by molar-refractivity contribution is 5.92. The molecule has 0 unspecified atom stereocenters. The van der Waals surface area contributed by atoms with Crippen molar-refractivity contribution in [1.82, 2.24) is 14.9 Å². The van der Waals surface area contributed by atoms with Gasteiger partial charge in [-0.3, -0.25) is 4.79 Å². The van der Waals surface area contributed by atoms with Gasteiger partial charge in [0.2, 0.25) is 5.91 Å². The van der Waals surface area contributed by atoms with Gasteiger partial charge in [0, 0.05) is 12.1 Å². The molecule has 1 N–H and O–H groups in total. The molecule has 0 bridgehead atoms. The minimum atomic E-state index is -0.136. The lowest BCUT2D eigenvalue weighted by molar-refractivity contribution is -0.117. The first-order chi connectivity index (χ1) is 12.1. The van der Waals surface area contributed by atoms with E-state index in [0.717, 1.165) is 36.2 Å². The molecule has 3 rings (SSSR count). The van der Waals surface area contributed by atoms with Crippen LogP contribution in [0.4, 0.5) is 0 Å². The summed E-state index contributed by atoms with van der Waals surface area (Å²) in [6.45, 7) is 6.66. The second kappa shape index (κ2) is 7.79. The van der Waals surface area contributed by atoms with Crippen LogP contribution in [0.3, 0.4) is 0 Å². The van der Waals surface area contributed by atoms with Crippen molar-refractivity contribution in [3.05, 3.63) is 78.1 Å². The Bertz CT molecular complexity index is 881. The van der Waals surface area contributed by atoms with Crippen molar-refractivity contribution in [2.24, 2.45) is 0 Å². The van der Waals surface area contributed by atoms with Gasteiger partial charge in [-0.25, -0.2) is 4.98 Å². The lowest BCUT2D eigenvalue weighted by atomic mass is 10.1. The molecular weight excluding hydrogens is 310 g/mol. The largest absolute Gasteiger partial charge is 0.345 e. The lowest BCUT2D eigenvalue weighted by Gasteiger charge is -2.10. The summed E-state index contributed by atoms with van der Waals surface area (Å²) in [5.74, 6) is 0.742.